The third-order valence-corrected chi connectivity index (χ3v) is 2.99. The van der Waals surface area contributed by atoms with Crippen molar-refractivity contribution >= 4 is 34.6 Å². The molecule has 0 heterocycles. The Morgan fingerprint density at radius 2 is 2.05 bits per heavy atom. The van der Waals surface area contributed by atoms with Crippen LogP contribution in [0.1, 0.15) is 10.4 Å². The number of nitro benzene ring substituents is 1. The molecule has 0 aliphatic heterocycles. The van der Waals surface area contributed by atoms with Gasteiger partial charge in [-0.05, 0) is 24.3 Å². The Hall–Kier alpha value is -2.67. The average Bonchev–Trinajstić information content (AvgIpc) is 2.42. The molecule has 0 aliphatic carbocycles. The number of aromatic carboxylic acids is 1. The monoisotopic (exact) mass is 310 g/mol. The summed E-state index contributed by atoms with van der Waals surface area (Å²) < 4.78 is 13.2. The van der Waals surface area contributed by atoms with Crippen molar-refractivity contribution in [1.82, 2.24) is 0 Å². The summed E-state index contributed by atoms with van der Waals surface area (Å²) in [5.41, 5.74) is -0.990. The molecule has 2 N–H and O–H groups in total. The van der Waals surface area contributed by atoms with Gasteiger partial charge < -0.3 is 10.4 Å². The number of nitrogens with one attached hydrogen (secondary N) is 1. The molecule has 0 aromatic heterocycles. The van der Waals surface area contributed by atoms with Crippen LogP contribution in [0.5, 0.6) is 0 Å². The first-order valence-corrected chi connectivity index (χ1v) is 6.00. The zero-order valence-corrected chi connectivity index (χ0v) is 11.1. The van der Waals surface area contributed by atoms with Crippen LogP contribution >= 0.6 is 11.6 Å². The van der Waals surface area contributed by atoms with Gasteiger partial charge in [0.1, 0.15) is 11.5 Å². The summed E-state index contributed by atoms with van der Waals surface area (Å²) in [6, 6.07) is 6.98. The minimum Gasteiger partial charge on any atom is -0.478 e. The Morgan fingerprint density at radius 1 is 1.33 bits per heavy atom. The highest BCUT2D eigenvalue weighted by atomic mass is 35.5. The van der Waals surface area contributed by atoms with Crippen molar-refractivity contribution in [3.63, 3.8) is 0 Å². The van der Waals surface area contributed by atoms with Crippen molar-refractivity contribution in [3.8, 4) is 0 Å². The highest BCUT2D eigenvalue weighted by molar-refractivity contribution is 6.33. The van der Waals surface area contributed by atoms with E-state index in [1.54, 1.807) is 0 Å². The van der Waals surface area contributed by atoms with E-state index in [0.29, 0.717) is 0 Å². The Labute approximate surface area is 122 Å². The van der Waals surface area contributed by atoms with Gasteiger partial charge in [-0.2, -0.15) is 0 Å². The molecule has 0 atom stereocenters. The van der Waals surface area contributed by atoms with E-state index in [-0.39, 0.29) is 22.0 Å². The van der Waals surface area contributed by atoms with Gasteiger partial charge in [-0.25, -0.2) is 9.18 Å². The second kappa shape index (κ2) is 5.76. The first kappa shape index (κ1) is 14.7. The van der Waals surface area contributed by atoms with Gasteiger partial charge in [0.05, 0.1) is 21.2 Å². The smallest absolute Gasteiger partial charge is 0.338 e. The summed E-state index contributed by atoms with van der Waals surface area (Å²) in [5.74, 6) is -1.97. The van der Waals surface area contributed by atoms with E-state index >= 15 is 0 Å². The number of rotatable bonds is 4. The lowest BCUT2D eigenvalue weighted by atomic mass is 10.1. The van der Waals surface area contributed by atoms with Crippen molar-refractivity contribution in [3.05, 3.63) is 62.9 Å². The van der Waals surface area contributed by atoms with Gasteiger partial charge in [-0.3, -0.25) is 10.1 Å². The van der Waals surface area contributed by atoms with E-state index < -0.39 is 22.4 Å². The average molecular weight is 311 g/mol. The number of para-hydroxylation sites is 1. The molecule has 0 unspecified atom stereocenters. The number of carboxylic acid groups (broad SMARTS) is 1. The van der Waals surface area contributed by atoms with Crippen LogP contribution in [-0.4, -0.2) is 16.0 Å². The van der Waals surface area contributed by atoms with E-state index in [1.807, 2.05) is 0 Å². The molecule has 8 heteroatoms. The van der Waals surface area contributed by atoms with Gasteiger partial charge in [-0.1, -0.05) is 17.7 Å². The van der Waals surface area contributed by atoms with Gasteiger partial charge in [0.25, 0.3) is 5.69 Å². The minimum atomic E-state index is -1.35. The standard InChI is InChI=1S/C13H8ClFN2O4/c14-9-5-4-7(15)6-10(9)16-12-8(13(18)19)2-1-3-11(12)17(20)21/h1-6,16H,(H,18,19). The largest absolute Gasteiger partial charge is 0.478 e. The number of nitrogens with zero attached hydrogens (tertiary/aromatic N) is 1. The fourth-order valence-electron chi connectivity index (χ4n) is 1.73. The normalized spacial score (nSPS) is 10.2. The third-order valence-electron chi connectivity index (χ3n) is 2.66. The predicted octanol–water partition coefficient (Wildman–Crippen LogP) is 3.83. The maximum absolute atomic E-state index is 13.2. The number of benzene rings is 2. The van der Waals surface area contributed by atoms with Gasteiger partial charge >= 0.3 is 5.97 Å². The van der Waals surface area contributed by atoms with Crippen molar-refractivity contribution in [1.29, 1.82) is 0 Å². The lowest BCUT2D eigenvalue weighted by Gasteiger charge is -2.11. The fraction of sp³-hybridized carbons (Fsp3) is 0. The molecule has 2 aromatic carbocycles. The summed E-state index contributed by atoms with van der Waals surface area (Å²) in [6.07, 6.45) is 0. The van der Waals surface area contributed by atoms with Crippen LogP contribution in [0.25, 0.3) is 0 Å². The number of nitro groups is 1. The molecular weight excluding hydrogens is 303 g/mol. The van der Waals surface area contributed by atoms with Gasteiger partial charge in [0, 0.05) is 6.07 Å². The molecule has 6 nitrogen and oxygen atoms in total. The van der Waals surface area contributed by atoms with Crippen molar-refractivity contribution in [2.24, 2.45) is 0 Å². The van der Waals surface area contributed by atoms with Gasteiger partial charge in [0.15, 0.2) is 0 Å². The third kappa shape index (κ3) is 3.09. The summed E-state index contributed by atoms with van der Waals surface area (Å²) >= 11 is 5.86. The minimum absolute atomic E-state index is 0.0356. The number of anilines is 2. The summed E-state index contributed by atoms with van der Waals surface area (Å²) in [6.45, 7) is 0. The summed E-state index contributed by atoms with van der Waals surface area (Å²) in [5, 5.41) is 22.7. The Bertz CT molecular complexity index is 704. The van der Waals surface area contributed by atoms with E-state index in [0.717, 1.165) is 18.2 Å². The van der Waals surface area contributed by atoms with Crippen molar-refractivity contribution in [2.75, 3.05) is 5.32 Å². The maximum Gasteiger partial charge on any atom is 0.338 e. The fourth-order valence-corrected chi connectivity index (χ4v) is 1.89. The molecule has 21 heavy (non-hydrogen) atoms. The lowest BCUT2D eigenvalue weighted by molar-refractivity contribution is -0.383. The lowest BCUT2D eigenvalue weighted by Crippen LogP contribution is -2.06. The van der Waals surface area contributed by atoms with Crippen molar-refractivity contribution in [2.45, 2.75) is 0 Å². The highest BCUT2D eigenvalue weighted by Gasteiger charge is 2.22. The highest BCUT2D eigenvalue weighted by Crippen LogP contribution is 2.34. The number of hydrogen-bond donors (Lipinski definition) is 2. The van der Waals surface area contributed by atoms with Crippen LogP contribution in [0, 0.1) is 15.9 Å². The van der Waals surface area contributed by atoms with E-state index in [2.05, 4.69) is 5.32 Å². The molecule has 0 spiro atoms. The molecule has 2 rings (SSSR count). The predicted molar refractivity (Wildman–Crippen MR) is 74.7 cm³/mol. The second-order valence-corrected chi connectivity index (χ2v) is 4.42. The molecule has 0 aliphatic rings. The number of carbonyl (C=O) groups is 1. The summed E-state index contributed by atoms with van der Waals surface area (Å²) in [4.78, 5) is 21.4. The summed E-state index contributed by atoms with van der Waals surface area (Å²) in [7, 11) is 0. The molecule has 2 aromatic rings. The van der Waals surface area contributed by atoms with Gasteiger partial charge in [0.2, 0.25) is 0 Å². The molecule has 0 saturated heterocycles. The topological polar surface area (TPSA) is 92.5 Å². The van der Waals surface area contributed by atoms with E-state index in [4.69, 9.17) is 16.7 Å². The molecule has 0 radical (unpaired) electrons. The molecule has 0 bridgehead atoms. The zero-order chi connectivity index (χ0) is 15.6. The molecule has 0 amide bonds. The van der Waals surface area contributed by atoms with Crippen LogP contribution in [0.4, 0.5) is 21.5 Å². The maximum atomic E-state index is 13.2. The number of carboxylic acids is 1. The van der Waals surface area contributed by atoms with Gasteiger partial charge in [-0.15, -0.1) is 0 Å². The quantitative estimate of drug-likeness (QED) is 0.661. The molecule has 0 saturated carbocycles. The van der Waals surface area contributed by atoms with Crippen LogP contribution in [0.2, 0.25) is 5.02 Å². The number of halogens is 2. The Kier molecular flexibility index (Phi) is 4.04. The van der Waals surface area contributed by atoms with Crippen LogP contribution < -0.4 is 5.32 Å². The van der Waals surface area contributed by atoms with Crippen LogP contribution in [-0.2, 0) is 0 Å². The number of hydrogen-bond acceptors (Lipinski definition) is 4. The van der Waals surface area contributed by atoms with Crippen LogP contribution in [0.3, 0.4) is 0 Å². The first-order chi connectivity index (χ1) is 9.90. The second-order valence-electron chi connectivity index (χ2n) is 4.01. The molecular formula is C13H8ClFN2O4. The SMILES string of the molecule is O=C(O)c1cccc([N+](=O)[O-])c1Nc1cc(F)ccc1Cl. The molecule has 0 fully saturated rings. The van der Waals surface area contributed by atoms with E-state index in [1.165, 1.54) is 18.2 Å². The van der Waals surface area contributed by atoms with Crippen molar-refractivity contribution < 1.29 is 19.2 Å². The van der Waals surface area contributed by atoms with Crippen LogP contribution in [0.15, 0.2) is 36.4 Å². The molecule has 108 valence electrons. The first-order valence-electron chi connectivity index (χ1n) is 5.63. The van der Waals surface area contributed by atoms with E-state index in [9.17, 15) is 19.3 Å². The Balaban J connectivity index is 2.59. The Morgan fingerprint density at radius 3 is 2.67 bits per heavy atom. The zero-order valence-electron chi connectivity index (χ0n) is 10.3.